The van der Waals surface area contributed by atoms with Crippen LogP contribution in [0, 0.1) is 0 Å². The van der Waals surface area contributed by atoms with Gasteiger partial charge in [-0.1, -0.05) is 30.7 Å². The van der Waals surface area contributed by atoms with E-state index in [2.05, 4.69) is 51.7 Å². The third-order valence-electron chi connectivity index (χ3n) is 5.02. The van der Waals surface area contributed by atoms with E-state index in [9.17, 15) is 4.79 Å². The molecular weight excluding hydrogens is 338 g/mol. The van der Waals surface area contributed by atoms with Crippen LogP contribution in [0.1, 0.15) is 44.2 Å². The summed E-state index contributed by atoms with van der Waals surface area (Å²) in [5.74, 6) is 0.691. The van der Waals surface area contributed by atoms with Gasteiger partial charge in [0.1, 0.15) is 0 Å². The van der Waals surface area contributed by atoms with Crippen molar-refractivity contribution in [3.63, 3.8) is 0 Å². The molecule has 6 nitrogen and oxygen atoms in total. The number of carbonyl (C=O) groups is 1. The van der Waals surface area contributed by atoms with E-state index in [1.54, 1.807) is 19.0 Å². The molecule has 1 saturated heterocycles. The van der Waals surface area contributed by atoms with Gasteiger partial charge in [-0.05, 0) is 44.4 Å². The summed E-state index contributed by atoms with van der Waals surface area (Å²) in [6.07, 6.45) is 3.98. The molecule has 0 spiro atoms. The molecule has 1 aromatic carbocycles. The zero-order valence-corrected chi connectivity index (χ0v) is 17.3. The highest BCUT2D eigenvalue weighted by Crippen LogP contribution is 2.19. The third-order valence-corrected chi connectivity index (χ3v) is 5.02. The first-order valence-corrected chi connectivity index (χ1v) is 10.0. The first-order valence-electron chi connectivity index (χ1n) is 10.0. The number of likely N-dealkylation sites (tertiary alicyclic amines) is 1. The molecule has 2 N–H and O–H groups in total. The number of benzene rings is 1. The van der Waals surface area contributed by atoms with Crippen LogP contribution in [0.3, 0.4) is 0 Å². The summed E-state index contributed by atoms with van der Waals surface area (Å²) >= 11 is 0. The average molecular weight is 374 g/mol. The molecule has 1 aromatic rings. The predicted molar refractivity (Wildman–Crippen MR) is 112 cm³/mol. The lowest BCUT2D eigenvalue weighted by Crippen LogP contribution is -2.42. The van der Waals surface area contributed by atoms with Gasteiger partial charge in [-0.15, -0.1) is 0 Å². The largest absolute Gasteiger partial charge is 0.357 e. The normalized spacial score (nSPS) is 18.2. The minimum absolute atomic E-state index is 0.0249. The molecule has 2 rings (SSSR count). The number of piperidine rings is 1. The molecule has 0 aromatic heterocycles. The van der Waals surface area contributed by atoms with Crippen molar-refractivity contribution in [2.24, 2.45) is 4.99 Å². The summed E-state index contributed by atoms with van der Waals surface area (Å²) in [6, 6.07) is 9.41. The summed E-state index contributed by atoms with van der Waals surface area (Å²) in [5, 5.41) is 6.26. The number of aliphatic imine (C=N–C) groups is 1. The van der Waals surface area contributed by atoms with E-state index in [-0.39, 0.29) is 12.5 Å². The molecule has 0 radical (unpaired) electrons. The van der Waals surface area contributed by atoms with Crippen molar-refractivity contribution in [2.45, 2.75) is 52.2 Å². The van der Waals surface area contributed by atoms with Gasteiger partial charge in [-0.25, -0.2) is 4.99 Å². The molecule has 6 heteroatoms. The van der Waals surface area contributed by atoms with Gasteiger partial charge in [0.15, 0.2) is 5.96 Å². The van der Waals surface area contributed by atoms with Crippen LogP contribution in [0.4, 0.5) is 0 Å². The van der Waals surface area contributed by atoms with E-state index in [0.717, 1.165) is 13.1 Å². The Morgan fingerprint density at radius 1 is 1.19 bits per heavy atom. The second-order valence-electron chi connectivity index (χ2n) is 7.47. The summed E-state index contributed by atoms with van der Waals surface area (Å²) in [7, 11) is 3.50. The Balaban J connectivity index is 1.89. The minimum Gasteiger partial charge on any atom is -0.357 e. The fourth-order valence-corrected chi connectivity index (χ4v) is 3.21. The zero-order valence-electron chi connectivity index (χ0n) is 17.3. The maximum atomic E-state index is 11.7. The number of rotatable bonds is 7. The van der Waals surface area contributed by atoms with Gasteiger partial charge >= 0.3 is 0 Å². The molecule has 150 valence electrons. The second kappa shape index (κ2) is 10.9. The molecule has 0 aliphatic carbocycles. The summed E-state index contributed by atoms with van der Waals surface area (Å²) < 4.78 is 0. The standard InChI is InChI=1S/C21H35N5O/c1-5-22-21(24-15-20(27)25(3)4)23-14-18-9-11-19(12-10-18)16-26-13-7-6-8-17(26)2/h9-12,17H,5-8,13-16H2,1-4H3,(H2,22,23,24). The lowest BCUT2D eigenvalue weighted by Gasteiger charge is -2.33. The lowest BCUT2D eigenvalue weighted by atomic mass is 10.0. The van der Waals surface area contributed by atoms with Crippen molar-refractivity contribution in [2.75, 3.05) is 33.7 Å². The molecule has 27 heavy (non-hydrogen) atoms. The van der Waals surface area contributed by atoms with E-state index in [0.29, 0.717) is 18.5 Å². The van der Waals surface area contributed by atoms with E-state index < -0.39 is 0 Å². The molecule has 1 aliphatic rings. The molecule has 1 atom stereocenters. The molecule has 0 bridgehead atoms. The Morgan fingerprint density at radius 2 is 1.89 bits per heavy atom. The lowest BCUT2D eigenvalue weighted by molar-refractivity contribution is -0.127. The smallest absolute Gasteiger partial charge is 0.241 e. The summed E-state index contributed by atoms with van der Waals surface area (Å²) in [5.41, 5.74) is 2.53. The molecule has 1 unspecified atom stereocenters. The van der Waals surface area contributed by atoms with Crippen molar-refractivity contribution in [3.8, 4) is 0 Å². The number of carbonyl (C=O) groups excluding carboxylic acids is 1. The second-order valence-corrected chi connectivity index (χ2v) is 7.47. The first-order chi connectivity index (χ1) is 13.0. The SMILES string of the molecule is CCNC(=NCc1ccc(CN2CCCCC2C)cc1)NCC(=O)N(C)C. The Labute approximate surface area is 164 Å². The van der Waals surface area contributed by atoms with E-state index in [4.69, 9.17) is 0 Å². The number of nitrogens with one attached hydrogen (secondary N) is 2. The van der Waals surface area contributed by atoms with E-state index in [1.165, 1.54) is 36.9 Å². The number of amides is 1. The fraction of sp³-hybridized carbons (Fsp3) is 0.619. The van der Waals surface area contributed by atoms with Gasteiger partial charge in [-0.3, -0.25) is 9.69 Å². The van der Waals surface area contributed by atoms with E-state index in [1.807, 2.05) is 6.92 Å². The molecule has 1 heterocycles. The molecule has 1 fully saturated rings. The zero-order chi connectivity index (χ0) is 19.6. The van der Waals surface area contributed by atoms with Crippen molar-refractivity contribution in [1.82, 2.24) is 20.4 Å². The van der Waals surface area contributed by atoms with Crippen LogP contribution < -0.4 is 10.6 Å². The van der Waals surface area contributed by atoms with Crippen LogP contribution in [0.2, 0.25) is 0 Å². The van der Waals surface area contributed by atoms with Crippen LogP contribution >= 0.6 is 0 Å². The van der Waals surface area contributed by atoms with Crippen molar-refractivity contribution in [1.29, 1.82) is 0 Å². The van der Waals surface area contributed by atoms with Gasteiger partial charge < -0.3 is 15.5 Å². The molecule has 1 aliphatic heterocycles. The van der Waals surface area contributed by atoms with Gasteiger partial charge in [0.2, 0.25) is 5.91 Å². The Morgan fingerprint density at radius 3 is 2.52 bits per heavy atom. The molecule has 0 saturated carbocycles. The van der Waals surface area contributed by atoms with Crippen LogP contribution in [0.5, 0.6) is 0 Å². The average Bonchev–Trinajstić information content (AvgIpc) is 2.66. The van der Waals surface area contributed by atoms with Crippen LogP contribution in [0.25, 0.3) is 0 Å². The summed E-state index contributed by atoms with van der Waals surface area (Å²) in [6.45, 7) is 8.17. The first kappa shape index (κ1) is 21.2. The van der Waals surface area contributed by atoms with Crippen molar-refractivity contribution >= 4 is 11.9 Å². The Hall–Kier alpha value is -2.08. The maximum absolute atomic E-state index is 11.7. The van der Waals surface area contributed by atoms with Gasteiger partial charge in [-0.2, -0.15) is 0 Å². The van der Waals surface area contributed by atoms with Crippen molar-refractivity contribution in [3.05, 3.63) is 35.4 Å². The molecule has 1 amide bonds. The molecular formula is C21H35N5O. The van der Waals surface area contributed by atoms with Gasteiger partial charge in [0.25, 0.3) is 0 Å². The topological polar surface area (TPSA) is 60.0 Å². The van der Waals surface area contributed by atoms with Crippen LogP contribution in [-0.2, 0) is 17.9 Å². The number of likely N-dealkylation sites (N-methyl/N-ethyl adjacent to an activating group) is 1. The highest BCUT2D eigenvalue weighted by molar-refractivity contribution is 5.86. The van der Waals surface area contributed by atoms with E-state index >= 15 is 0 Å². The number of hydrogen-bond acceptors (Lipinski definition) is 3. The maximum Gasteiger partial charge on any atom is 0.241 e. The highest BCUT2D eigenvalue weighted by atomic mass is 16.2. The van der Waals surface area contributed by atoms with Gasteiger partial charge in [0.05, 0.1) is 13.1 Å². The quantitative estimate of drug-likeness (QED) is 0.568. The Bertz CT molecular complexity index is 612. The third kappa shape index (κ3) is 7.21. The van der Waals surface area contributed by atoms with Crippen LogP contribution in [0.15, 0.2) is 29.3 Å². The Kier molecular flexibility index (Phi) is 8.58. The monoisotopic (exact) mass is 373 g/mol. The fourth-order valence-electron chi connectivity index (χ4n) is 3.21. The predicted octanol–water partition coefficient (Wildman–Crippen LogP) is 2.20. The van der Waals surface area contributed by atoms with Gasteiger partial charge in [0, 0.05) is 33.2 Å². The van der Waals surface area contributed by atoms with Crippen molar-refractivity contribution < 1.29 is 4.79 Å². The van der Waals surface area contributed by atoms with Crippen LogP contribution in [-0.4, -0.2) is 61.4 Å². The summed E-state index contributed by atoms with van der Waals surface area (Å²) in [4.78, 5) is 20.5. The highest BCUT2D eigenvalue weighted by Gasteiger charge is 2.17. The number of guanidine groups is 1. The number of hydrogen-bond donors (Lipinski definition) is 2. The minimum atomic E-state index is 0.0249. The number of nitrogens with zero attached hydrogens (tertiary/aromatic N) is 3.